The Labute approximate surface area is 86.4 Å². The first kappa shape index (κ1) is 8.34. The molecule has 62 valence electrons. The molecular weight excluding hydrogens is 256 g/mol. The van der Waals surface area contributed by atoms with Gasteiger partial charge in [0.2, 0.25) is 0 Å². The van der Waals surface area contributed by atoms with Gasteiger partial charge in [-0.1, -0.05) is 11.3 Å². The van der Waals surface area contributed by atoms with E-state index in [2.05, 4.69) is 44.5 Å². The maximum atomic E-state index is 4.03. The van der Waals surface area contributed by atoms with Crippen LogP contribution < -0.4 is 0 Å². The molecule has 0 amide bonds. The van der Waals surface area contributed by atoms with E-state index in [1.165, 1.54) is 10.4 Å². The van der Waals surface area contributed by atoms with Gasteiger partial charge >= 0.3 is 0 Å². The lowest BCUT2D eigenvalue weighted by molar-refractivity contribution is 1.08. The molecular formula is C7H5BrN2S2. The van der Waals surface area contributed by atoms with Gasteiger partial charge in [-0.15, -0.1) is 21.5 Å². The molecule has 0 aliphatic carbocycles. The molecule has 0 bridgehead atoms. The van der Waals surface area contributed by atoms with Crippen LogP contribution in [0.1, 0.15) is 4.88 Å². The molecule has 0 saturated heterocycles. The summed E-state index contributed by atoms with van der Waals surface area (Å²) >= 11 is 6.57. The van der Waals surface area contributed by atoms with E-state index in [4.69, 9.17) is 0 Å². The first-order valence-corrected chi connectivity index (χ1v) is 5.79. The van der Waals surface area contributed by atoms with Gasteiger partial charge in [0.25, 0.3) is 0 Å². The van der Waals surface area contributed by atoms with Crippen molar-refractivity contribution < 1.29 is 0 Å². The van der Waals surface area contributed by atoms with Crippen molar-refractivity contribution in [1.82, 2.24) is 10.2 Å². The number of nitrogens with zero attached hydrogens (tertiary/aromatic N) is 2. The minimum absolute atomic E-state index is 0.835. The average Bonchev–Trinajstić information content (AvgIpc) is 2.58. The molecule has 0 aliphatic heterocycles. The highest BCUT2D eigenvalue weighted by Crippen LogP contribution is 2.29. The van der Waals surface area contributed by atoms with Gasteiger partial charge < -0.3 is 0 Å². The summed E-state index contributed by atoms with van der Waals surface area (Å²) in [5.41, 5.74) is 1.17. The van der Waals surface area contributed by atoms with E-state index in [1.54, 1.807) is 22.7 Å². The Bertz CT molecular complexity index is 355. The quantitative estimate of drug-likeness (QED) is 0.786. The molecule has 12 heavy (non-hydrogen) atoms. The van der Waals surface area contributed by atoms with Crippen molar-refractivity contribution in [1.29, 1.82) is 0 Å². The molecule has 0 aromatic carbocycles. The van der Waals surface area contributed by atoms with Crippen LogP contribution in [-0.4, -0.2) is 10.2 Å². The maximum Gasteiger partial charge on any atom is 0.183 e. The van der Waals surface area contributed by atoms with Gasteiger partial charge in [-0.05, 0) is 28.9 Å². The SMILES string of the molecule is Cc1cc(-c2nnc(Br)s2)cs1. The highest BCUT2D eigenvalue weighted by molar-refractivity contribution is 9.11. The van der Waals surface area contributed by atoms with E-state index in [0.717, 1.165) is 8.92 Å². The van der Waals surface area contributed by atoms with Crippen LogP contribution in [0.5, 0.6) is 0 Å². The first-order valence-electron chi connectivity index (χ1n) is 3.30. The molecule has 0 fully saturated rings. The number of hydrogen-bond acceptors (Lipinski definition) is 4. The van der Waals surface area contributed by atoms with Crippen LogP contribution in [0.3, 0.4) is 0 Å². The summed E-state index contributed by atoms with van der Waals surface area (Å²) < 4.78 is 0.835. The van der Waals surface area contributed by atoms with E-state index in [-0.39, 0.29) is 0 Å². The molecule has 0 unspecified atom stereocenters. The van der Waals surface area contributed by atoms with Crippen LogP contribution in [0.2, 0.25) is 0 Å². The molecule has 0 atom stereocenters. The van der Waals surface area contributed by atoms with Crippen LogP contribution >= 0.6 is 38.6 Å². The Morgan fingerprint density at radius 3 is 2.75 bits per heavy atom. The van der Waals surface area contributed by atoms with Gasteiger partial charge in [0.15, 0.2) is 3.92 Å². The van der Waals surface area contributed by atoms with Gasteiger partial charge in [-0.25, -0.2) is 0 Å². The minimum Gasteiger partial charge on any atom is -0.148 e. The Balaban J connectivity index is 2.43. The summed E-state index contributed by atoms with van der Waals surface area (Å²) in [5, 5.41) is 11.0. The third-order valence-electron chi connectivity index (χ3n) is 1.38. The smallest absolute Gasteiger partial charge is 0.148 e. The highest BCUT2D eigenvalue weighted by atomic mass is 79.9. The summed E-state index contributed by atoms with van der Waals surface area (Å²) in [6.07, 6.45) is 0. The summed E-state index contributed by atoms with van der Waals surface area (Å²) in [6.45, 7) is 2.09. The number of aromatic nitrogens is 2. The molecule has 0 N–H and O–H groups in total. The van der Waals surface area contributed by atoms with Gasteiger partial charge in [-0.3, -0.25) is 0 Å². The third-order valence-corrected chi connectivity index (χ3v) is 3.64. The topological polar surface area (TPSA) is 25.8 Å². The molecule has 2 nitrogen and oxygen atoms in total. The fourth-order valence-electron chi connectivity index (χ4n) is 0.878. The second kappa shape index (κ2) is 3.24. The molecule has 0 radical (unpaired) electrons. The molecule has 2 rings (SSSR count). The van der Waals surface area contributed by atoms with Crippen LogP contribution in [0.4, 0.5) is 0 Å². The lowest BCUT2D eigenvalue weighted by Crippen LogP contribution is -1.70. The fraction of sp³-hybridized carbons (Fsp3) is 0.143. The first-order chi connectivity index (χ1) is 5.75. The number of aryl methyl sites for hydroxylation is 1. The zero-order valence-corrected chi connectivity index (χ0v) is 9.46. The number of thiophene rings is 1. The van der Waals surface area contributed by atoms with Crippen molar-refractivity contribution in [2.75, 3.05) is 0 Å². The second-order valence-corrected chi connectivity index (χ2v) is 5.68. The molecule has 2 aromatic rings. The van der Waals surface area contributed by atoms with Gasteiger partial charge in [0.05, 0.1) is 0 Å². The monoisotopic (exact) mass is 260 g/mol. The normalized spacial score (nSPS) is 10.5. The Hall–Kier alpha value is -0.260. The molecule has 5 heteroatoms. The van der Waals surface area contributed by atoms with Crippen LogP contribution in [0.25, 0.3) is 10.6 Å². The van der Waals surface area contributed by atoms with E-state index < -0.39 is 0 Å². The molecule has 0 aliphatic rings. The lowest BCUT2D eigenvalue weighted by Gasteiger charge is -1.83. The van der Waals surface area contributed by atoms with Crippen molar-refractivity contribution in [3.8, 4) is 10.6 Å². The predicted molar refractivity (Wildman–Crippen MR) is 55.7 cm³/mol. The van der Waals surface area contributed by atoms with Crippen molar-refractivity contribution in [2.45, 2.75) is 6.92 Å². The minimum atomic E-state index is 0.835. The van der Waals surface area contributed by atoms with E-state index in [9.17, 15) is 0 Å². The summed E-state index contributed by atoms with van der Waals surface area (Å²) in [7, 11) is 0. The van der Waals surface area contributed by atoms with E-state index in [0.29, 0.717) is 0 Å². The Morgan fingerprint density at radius 2 is 2.25 bits per heavy atom. The van der Waals surface area contributed by atoms with Crippen LogP contribution in [0.15, 0.2) is 15.4 Å². The third kappa shape index (κ3) is 1.57. The lowest BCUT2D eigenvalue weighted by atomic mass is 10.3. The zero-order chi connectivity index (χ0) is 8.55. The fourth-order valence-corrected chi connectivity index (χ4v) is 2.74. The summed E-state index contributed by atoms with van der Waals surface area (Å²) in [5.74, 6) is 0. The maximum absolute atomic E-state index is 4.03. The van der Waals surface area contributed by atoms with Crippen LogP contribution in [-0.2, 0) is 0 Å². The standard InChI is InChI=1S/C7H5BrN2S2/c1-4-2-5(3-11-4)6-9-10-7(8)12-6/h2-3H,1H3. The average molecular weight is 261 g/mol. The van der Waals surface area contributed by atoms with E-state index in [1.807, 2.05) is 0 Å². The molecule has 0 spiro atoms. The predicted octanol–water partition coefficient (Wildman–Crippen LogP) is 3.34. The van der Waals surface area contributed by atoms with Crippen LogP contribution in [0, 0.1) is 6.92 Å². The van der Waals surface area contributed by atoms with Crippen molar-refractivity contribution in [2.24, 2.45) is 0 Å². The Kier molecular flexibility index (Phi) is 2.25. The number of halogens is 1. The van der Waals surface area contributed by atoms with Gasteiger partial charge in [-0.2, -0.15) is 0 Å². The molecule has 2 aromatic heterocycles. The van der Waals surface area contributed by atoms with Gasteiger partial charge in [0.1, 0.15) is 5.01 Å². The number of hydrogen-bond donors (Lipinski definition) is 0. The summed E-state index contributed by atoms with van der Waals surface area (Å²) in [4.78, 5) is 1.30. The van der Waals surface area contributed by atoms with Crippen molar-refractivity contribution >= 4 is 38.6 Å². The van der Waals surface area contributed by atoms with Gasteiger partial charge in [0, 0.05) is 15.8 Å². The summed E-state index contributed by atoms with van der Waals surface area (Å²) in [6, 6.07) is 2.12. The second-order valence-electron chi connectivity index (χ2n) is 2.31. The van der Waals surface area contributed by atoms with E-state index >= 15 is 0 Å². The number of rotatable bonds is 1. The largest absolute Gasteiger partial charge is 0.183 e. The molecule has 0 saturated carbocycles. The van der Waals surface area contributed by atoms with Crippen molar-refractivity contribution in [3.05, 3.63) is 20.2 Å². The van der Waals surface area contributed by atoms with Crippen molar-refractivity contribution in [3.63, 3.8) is 0 Å². The Morgan fingerprint density at radius 1 is 1.42 bits per heavy atom. The highest BCUT2D eigenvalue weighted by Gasteiger charge is 2.05. The zero-order valence-electron chi connectivity index (χ0n) is 6.24. The molecule has 2 heterocycles.